The molecule has 3 heterocycles. The molecule has 10 nitrogen and oxygen atoms in total. The van der Waals surface area contributed by atoms with Gasteiger partial charge in [0.25, 0.3) is 0 Å². The second-order valence-electron chi connectivity index (χ2n) is 12.6. The first kappa shape index (κ1) is 36.0. The lowest BCUT2D eigenvalue weighted by Gasteiger charge is -2.26. The number of anilines is 4. The van der Waals surface area contributed by atoms with Crippen LogP contribution in [0.15, 0.2) is 110 Å². The van der Waals surface area contributed by atoms with Crippen LogP contribution in [0, 0.1) is 0 Å². The number of rotatable bonds is 14. The zero-order valence-corrected chi connectivity index (χ0v) is 30.7. The van der Waals surface area contributed by atoms with E-state index in [4.69, 9.17) is 21.1 Å². The number of carbonyl (C=O) groups is 1. The number of likely N-dealkylation sites (N-methyl/N-ethyl adjacent to an activating group) is 2. The molecule has 3 aromatic carbocycles. The normalized spacial score (nSPS) is 11.1. The number of aryl methyl sites for hydroxylation is 1. The smallest absolute Gasteiger partial charge is 0.247 e. The molecule has 0 fully saturated rings. The lowest BCUT2D eigenvalue weighted by molar-refractivity contribution is -0.111. The standard InChI is InChI=1S/C41H42ClN7O3/c1-7-39(50)46-32-24-33(37(51-6)25-35(32)48(4)21-20-47(2)3)45-38-23-27(17-19-44-38)40-30-13-8-9-14-34(30)49(5)41(40)28-15-16-36(31(42)22-28)52-26-29-12-10-11-18-43-29/h7-19,22-25H,1,20-21,26H2,2-6H3,(H,44,45)(H,46,50). The molecular formula is C41H42ClN7O3. The summed E-state index contributed by atoms with van der Waals surface area (Å²) in [5.74, 6) is 1.47. The lowest BCUT2D eigenvalue weighted by Crippen LogP contribution is -2.29. The van der Waals surface area contributed by atoms with Crippen molar-refractivity contribution in [1.82, 2.24) is 19.4 Å². The van der Waals surface area contributed by atoms with E-state index >= 15 is 0 Å². The van der Waals surface area contributed by atoms with Crippen LogP contribution in [0.4, 0.5) is 22.9 Å². The van der Waals surface area contributed by atoms with Crippen molar-refractivity contribution in [3.05, 3.63) is 121 Å². The van der Waals surface area contributed by atoms with Crippen molar-refractivity contribution >= 4 is 51.3 Å². The number of fused-ring (bicyclic) bond motifs is 1. The Kier molecular flexibility index (Phi) is 11.1. The number of benzene rings is 3. The van der Waals surface area contributed by atoms with Crippen molar-refractivity contribution in [2.24, 2.45) is 7.05 Å². The largest absolute Gasteiger partial charge is 0.494 e. The van der Waals surface area contributed by atoms with Crippen LogP contribution in [0.25, 0.3) is 33.3 Å². The van der Waals surface area contributed by atoms with E-state index in [2.05, 4.69) is 60.7 Å². The first-order valence-corrected chi connectivity index (χ1v) is 17.2. The number of aromatic nitrogens is 3. The summed E-state index contributed by atoms with van der Waals surface area (Å²) in [4.78, 5) is 25.7. The fourth-order valence-corrected chi connectivity index (χ4v) is 6.36. The van der Waals surface area contributed by atoms with Gasteiger partial charge in [-0.2, -0.15) is 0 Å². The molecule has 0 bridgehead atoms. The average molecular weight is 716 g/mol. The zero-order chi connectivity index (χ0) is 36.8. The number of hydrogen-bond acceptors (Lipinski definition) is 8. The Morgan fingerprint density at radius 1 is 0.904 bits per heavy atom. The van der Waals surface area contributed by atoms with Crippen LogP contribution < -0.4 is 25.0 Å². The third kappa shape index (κ3) is 7.88. The fraction of sp³-hybridized carbons (Fsp3) is 0.195. The molecule has 3 aromatic heterocycles. The maximum Gasteiger partial charge on any atom is 0.247 e. The van der Waals surface area contributed by atoms with Crippen LogP contribution in [-0.2, 0) is 18.4 Å². The van der Waals surface area contributed by atoms with E-state index in [1.165, 1.54) is 6.08 Å². The number of nitrogens with one attached hydrogen (secondary N) is 2. The van der Waals surface area contributed by atoms with Crippen LogP contribution in [0.2, 0.25) is 5.02 Å². The summed E-state index contributed by atoms with van der Waals surface area (Å²) in [7, 11) is 9.71. The number of pyridine rings is 2. The molecule has 6 rings (SSSR count). The van der Waals surface area contributed by atoms with Crippen molar-refractivity contribution in [2.75, 3.05) is 56.9 Å². The van der Waals surface area contributed by atoms with Gasteiger partial charge in [0.2, 0.25) is 5.91 Å². The Balaban J connectivity index is 1.37. The minimum Gasteiger partial charge on any atom is -0.494 e. The van der Waals surface area contributed by atoms with Crippen molar-refractivity contribution in [3.63, 3.8) is 0 Å². The molecule has 0 aliphatic rings. The van der Waals surface area contributed by atoms with Crippen molar-refractivity contribution in [2.45, 2.75) is 6.61 Å². The number of amides is 1. The van der Waals surface area contributed by atoms with Crippen LogP contribution in [0.1, 0.15) is 5.69 Å². The Labute approximate surface area is 309 Å². The minimum absolute atomic E-state index is 0.310. The number of carbonyl (C=O) groups excluding carboxylic acids is 1. The third-order valence-corrected chi connectivity index (χ3v) is 9.08. The summed E-state index contributed by atoms with van der Waals surface area (Å²) < 4.78 is 14.1. The summed E-state index contributed by atoms with van der Waals surface area (Å²) in [5, 5.41) is 8.00. The third-order valence-electron chi connectivity index (χ3n) is 8.78. The second kappa shape index (κ2) is 16.0. The molecular weight excluding hydrogens is 674 g/mol. The highest BCUT2D eigenvalue weighted by atomic mass is 35.5. The molecule has 0 aliphatic carbocycles. The SMILES string of the molecule is C=CC(=O)Nc1cc(Nc2cc(-c3c(-c4ccc(OCc5ccccn5)c(Cl)c4)n(C)c4ccccc34)ccn2)c(OC)cc1N(C)CCN(C)C. The van der Waals surface area contributed by atoms with Gasteiger partial charge < -0.3 is 34.5 Å². The molecule has 0 saturated heterocycles. The first-order valence-electron chi connectivity index (χ1n) is 16.8. The van der Waals surface area contributed by atoms with Gasteiger partial charge in [-0.25, -0.2) is 4.98 Å². The maximum atomic E-state index is 12.5. The highest BCUT2D eigenvalue weighted by molar-refractivity contribution is 6.32. The number of ether oxygens (including phenoxy) is 2. The fourth-order valence-electron chi connectivity index (χ4n) is 6.12. The Hall–Kier alpha value is -5.84. The number of halogens is 1. The first-order chi connectivity index (χ1) is 25.2. The minimum atomic E-state index is -0.310. The summed E-state index contributed by atoms with van der Waals surface area (Å²) in [6, 6.07) is 27.7. The topological polar surface area (TPSA) is 96.8 Å². The van der Waals surface area contributed by atoms with E-state index in [9.17, 15) is 4.79 Å². The van der Waals surface area contributed by atoms with Crippen molar-refractivity contribution in [1.29, 1.82) is 0 Å². The van der Waals surface area contributed by atoms with E-state index < -0.39 is 0 Å². The van der Waals surface area contributed by atoms with Crippen LogP contribution in [-0.4, -0.2) is 66.7 Å². The summed E-state index contributed by atoms with van der Waals surface area (Å²) >= 11 is 6.83. The number of hydrogen-bond donors (Lipinski definition) is 2. The Morgan fingerprint density at radius 2 is 1.71 bits per heavy atom. The molecule has 0 aliphatic heterocycles. The summed E-state index contributed by atoms with van der Waals surface area (Å²) in [6.07, 6.45) is 4.77. The van der Waals surface area contributed by atoms with E-state index in [1.54, 1.807) is 19.5 Å². The number of methoxy groups -OCH3 is 1. The van der Waals surface area contributed by atoms with Gasteiger partial charge in [0.15, 0.2) is 0 Å². The van der Waals surface area contributed by atoms with Gasteiger partial charge in [-0.3, -0.25) is 9.78 Å². The van der Waals surface area contributed by atoms with Gasteiger partial charge in [0.1, 0.15) is 23.9 Å². The molecule has 266 valence electrons. The van der Waals surface area contributed by atoms with Gasteiger partial charge in [0.05, 0.1) is 40.6 Å². The van der Waals surface area contributed by atoms with Gasteiger partial charge in [0, 0.05) is 67.7 Å². The predicted molar refractivity (Wildman–Crippen MR) is 212 cm³/mol. The van der Waals surface area contributed by atoms with Gasteiger partial charge in [-0.05, 0) is 80.3 Å². The van der Waals surface area contributed by atoms with Gasteiger partial charge >= 0.3 is 0 Å². The van der Waals surface area contributed by atoms with Gasteiger partial charge in [-0.15, -0.1) is 0 Å². The molecule has 0 saturated carbocycles. The molecule has 0 radical (unpaired) electrons. The molecule has 0 unspecified atom stereocenters. The second-order valence-corrected chi connectivity index (χ2v) is 13.0. The van der Waals surface area contributed by atoms with E-state index in [0.29, 0.717) is 40.3 Å². The van der Waals surface area contributed by atoms with Gasteiger partial charge in [-0.1, -0.05) is 42.4 Å². The zero-order valence-electron chi connectivity index (χ0n) is 30.0. The van der Waals surface area contributed by atoms with Crippen molar-refractivity contribution in [3.8, 4) is 33.9 Å². The van der Waals surface area contributed by atoms with E-state index in [-0.39, 0.29) is 5.91 Å². The van der Waals surface area contributed by atoms with Crippen LogP contribution >= 0.6 is 11.6 Å². The molecule has 2 N–H and O–H groups in total. The number of para-hydroxylation sites is 1. The van der Waals surface area contributed by atoms with E-state index in [0.717, 1.165) is 57.8 Å². The summed E-state index contributed by atoms with van der Waals surface area (Å²) in [6.45, 7) is 5.52. The molecule has 0 spiro atoms. The molecule has 0 atom stereocenters. The van der Waals surface area contributed by atoms with E-state index in [1.807, 2.05) is 93.9 Å². The van der Waals surface area contributed by atoms with Crippen molar-refractivity contribution < 1.29 is 14.3 Å². The highest BCUT2D eigenvalue weighted by Gasteiger charge is 2.21. The molecule has 11 heteroatoms. The highest BCUT2D eigenvalue weighted by Crippen LogP contribution is 2.43. The molecule has 1 amide bonds. The average Bonchev–Trinajstić information content (AvgIpc) is 3.45. The van der Waals surface area contributed by atoms with Crippen LogP contribution in [0.5, 0.6) is 11.5 Å². The predicted octanol–water partition coefficient (Wildman–Crippen LogP) is 8.41. The summed E-state index contributed by atoms with van der Waals surface area (Å²) in [5.41, 5.74) is 7.88. The lowest BCUT2D eigenvalue weighted by atomic mass is 9.99. The number of nitrogens with zero attached hydrogens (tertiary/aromatic N) is 5. The Bertz CT molecular complexity index is 2220. The quantitative estimate of drug-likeness (QED) is 0.109. The molecule has 52 heavy (non-hydrogen) atoms. The maximum absolute atomic E-state index is 12.5. The molecule has 6 aromatic rings. The Morgan fingerprint density at radius 3 is 2.44 bits per heavy atom. The monoisotopic (exact) mass is 715 g/mol. The van der Waals surface area contributed by atoms with Crippen LogP contribution in [0.3, 0.4) is 0 Å².